The molecule has 0 radical (unpaired) electrons. The van der Waals surface area contributed by atoms with Crippen molar-refractivity contribution < 1.29 is 13.9 Å². The SMILES string of the molecule is Nc1ncc(Oc2ccc(F)cc2)c(N2CCOCC2)n1. The average molecular weight is 290 g/mol. The summed E-state index contributed by atoms with van der Waals surface area (Å²) in [7, 11) is 0. The normalized spacial score (nSPS) is 15.0. The number of anilines is 2. The number of halogens is 1. The Hall–Kier alpha value is -2.41. The molecule has 0 spiro atoms. The number of aromatic nitrogens is 2. The Morgan fingerprint density at radius 1 is 1.19 bits per heavy atom. The van der Waals surface area contributed by atoms with Crippen LogP contribution >= 0.6 is 0 Å². The zero-order chi connectivity index (χ0) is 14.7. The number of morpholine rings is 1. The molecule has 1 aliphatic heterocycles. The van der Waals surface area contributed by atoms with Gasteiger partial charge in [0.2, 0.25) is 5.95 Å². The molecule has 1 fully saturated rings. The van der Waals surface area contributed by atoms with E-state index in [9.17, 15) is 4.39 Å². The van der Waals surface area contributed by atoms with Crippen molar-refractivity contribution in [2.45, 2.75) is 0 Å². The van der Waals surface area contributed by atoms with E-state index in [1.165, 1.54) is 18.3 Å². The Morgan fingerprint density at radius 2 is 1.90 bits per heavy atom. The number of nitrogens with two attached hydrogens (primary N) is 1. The van der Waals surface area contributed by atoms with Crippen LogP contribution in [-0.4, -0.2) is 36.3 Å². The zero-order valence-electron chi connectivity index (χ0n) is 11.3. The second-order valence-corrected chi connectivity index (χ2v) is 4.57. The van der Waals surface area contributed by atoms with Crippen LogP contribution in [0.5, 0.6) is 11.5 Å². The highest BCUT2D eigenvalue weighted by Crippen LogP contribution is 2.31. The van der Waals surface area contributed by atoms with Crippen LogP contribution in [0.4, 0.5) is 16.2 Å². The Bertz CT molecular complexity index is 615. The fourth-order valence-electron chi connectivity index (χ4n) is 2.08. The molecule has 0 atom stereocenters. The summed E-state index contributed by atoms with van der Waals surface area (Å²) in [6.45, 7) is 2.66. The second kappa shape index (κ2) is 5.92. The molecule has 0 saturated carbocycles. The van der Waals surface area contributed by atoms with Crippen LogP contribution in [0.1, 0.15) is 0 Å². The van der Waals surface area contributed by atoms with Gasteiger partial charge in [-0.1, -0.05) is 0 Å². The Labute approximate surface area is 121 Å². The molecule has 6 nitrogen and oxygen atoms in total. The van der Waals surface area contributed by atoms with E-state index in [1.54, 1.807) is 12.1 Å². The second-order valence-electron chi connectivity index (χ2n) is 4.57. The van der Waals surface area contributed by atoms with E-state index in [-0.39, 0.29) is 11.8 Å². The molecule has 0 aliphatic carbocycles. The van der Waals surface area contributed by atoms with Crippen LogP contribution in [0.3, 0.4) is 0 Å². The Balaban J connectivity index is 1.88. The lowest BCUT2D eigenvalue weighted by molar-refractivity contribution is 0.122. The lowest BCUT2D eigenvalue weighted by Crippen LogP contribution is -2.37. The summed E-state index contributed by atoms with van der Waals surface area (Å²) in [5.41, 5.74) is 5.66. The number of nitrogens with zero attached hydrogens (tertiary/aromatic N) is 3. The fourth-order valence-corrected chi connectivity index (χ4v) is 2.08. The molecule has 0 bridgehead atoms. The maximum Gasteiger partial charge on any atom is 0.222 e. The number of ether oxygens (including phenoxy) is 2. The number of nitrogen functional groups attached to an aromatic ring is 1. The van der Waals surface area contributed by atoms with Crippen molar-refractivity contribution >= 4 is 11.8 Å². The summed E-state index contributed by atoms with van der Waals surface area (Å²) in [5.74, 6) is 1.49. The minimum absolute atomic E-state index is 0.183. The average Bonchev–Trinajstić information content (AvgIpc) is 2.52. The van der Waals surface area contributed by atoms with Gasteiger partial charge in [0.1, 0.15) is 11.6 Å². The monoisotopic (exact) mass is 290 g/mol. The predicted octanol–water partition coefficient (Wildman–Crippen LogP) is 1.83. The van der Waals surface area contributed by atoms with Crippen molar-refractivity contribution in [3.8, 4) is 11.5 Å². The van der Waals surface area contributed by atoms with Crippen LogP contribution in [0.15, 0.2) is 30.5 Å². The first-order valence-electron chi connectivity index (χ1n) is 6.61. The van der Waals surface area contributed by atoms with Crippen molar-refractivity contribution in [1.29, 1.82) is 0 Å². The summed E-state index contributed by atoms with van der Waals surface area (Å²) in [6.07, 6.45) is 1.52. The molecule has 1 saturated heterocycles. The van der Waals surface area contributed by atoms with Crippen molar-refractivity contribution in [1.82, 2.24) is 9.97 Å². The fraction of sp³-hybridized carbons (Fsp3) is 0.286. The third-order valence-electron chi connectivity index (χ3n) is 3.11. The zero-order valence-corrected chi connectivity index (χ0v) is 11.3. The quantitative estimate of drug-likeness (QED) is 0.929. The van der Waals surface area contributed by atoms with Gasteiger partial charge in [0, 0.05) is 13.1 Å². The van der Waals surface area contributed by atoms with Gasteiger partial charge in [0.15, 0.2) is 11.6 Å². The summed E-state index contributed by atoms with van der Waals surface area (Å²) < 4.78 is 24.0. The molecule has 2 N–H and O–H groups in total. The summed E-state index contributed by atoms with van der Waals surface area (Å²) in [4.78, 5) is 10.2. The third kappa shape index (κ3) is 3.19. The molecule has 2 heterocycles. The van der Waals surface area contributed by atoms with E-state index in [0.717, 1.165) is 0 Å². The molecule has 2 aromatic rings. The highest BCUT2D eigenvalue weighted by Gasteiger charge is 2.18. The molecular weight excluding hydrogens is 275 g/mol. The molecule has 7 heteroatoms. The van der Waals surface area contributed by atoms with Gasteiger partial charge in [0.05, 0.1) is 19.4 Å². The van der Waals surface area contributed by atoms with Crippen LogP contribution in [0.25, 0.3) is 0 Å². The van der Waals surface area contributed by atoms with E-state index >= 15 is 0 Å². The van der Waals surface area contributed by atoms with Crippen molar-refractivity contribution in [3.05, 3.63) is 36.3 Å². The van der Waals surface area contributed by atoms with E-state index in [2.05, 4.69) is 9.97 Å². The van der Waals surface area contributed by atoms with Crippen LogP contribution in [-0.2, 0) is 4.74 Å². The number of hydrogen-bond acceptors (Lipinski definition) is 6. The van der Waals surface area contributed by atoms with Crippen LogP contribution in [0, 0.1) is 5.82 Å². The maximum absolute atomic E-state index is 12.9. The lowest BCUT2D eigenvalue weighted by Gasteiger charge is -2.28. The molecule has 1 aliphatic rings. The summed E-state index contributed by atoms with van der Waals surface area (Å²) in [5, 5.41) is 0. The highest BCUT2D eigenvalue weighted by atomic mass is 19.1. The van der Waals surface area contributed by atoms with Crippen molar-refractivity contribution in [3.63, 3.8) is 0 Å². The van der Waals surface area contributed by atoms with Crippen LogP contribution < -0.4 is 15.4 Å². The van der Waals surface area contributed by atoms with Crippen molar-refractivity contribution in [2.24, 2.45) is 0 Å². The van der Waals surface area contributed by atoms with Crippen molar-refractivity contribution in [2.75, 3.05) is 36.9 Å². The third-order valence-corrected chi connectivity index (χ3v) is 3.11. The molecule has 0 amide bonds. The smallest absolute Gasteiger partial charge is 0.222 e. The van der Waals surface area contributed by atoms with Gasteiger partial charge in [-0.05, 0) is 24.3 Å². The maximum atomic E-state index is 12.9. The number of hydrogen-bond donors (Lipinski definition) is 1. The molecule has 3 rings (SSSR count). The lowest BCUT2D eigenvalue weighted by atomic mass is 10.3. The molecule has 1 aromatic heterocycles. The van der Waals surface area contributed by atoms with Gasteiger partial charge in [-0.3, -0.25) is 0 Å². The minimum Gasteiger partial charge on any atom is -0.452 e. The molecule has 21 heavy (non-hydrogen) atoms. The largest absolute Gasteiger partial charge is 0.452 e. The van der Waals surface area contributed by atoms with E-state index in [4.69, 9.17) is 15.2 Å². The summed E-state index contributed by atoms with van der Waals surface area (Å²) >= 11 is 0. The Kier molecular flexibility index (Phi) is 3.83. The van der Waals surface area contributed by atoms with Gasteiger partial charge in [-0.15, -0.1) is 0 Å². The standard InChI is InChI=1S/C14H15FN4O2/c15-10-1-3-11(4-2-10)21-12-9-17-14(16)18-13(12)19-5-7-20-8-6-19/h1-4,9H,5-8H2,(H2,16,17,18). The van der Waals surface area contributed by atoms with Crippen LogP contribution in [0.2, 0.25) is 0 Å². The molecule has 110 valence electrons. The summed E-state index contributed by atoms with van der Waals surface area (Å²) in [6, 6.07) is 5.77. The number of benzene rings is 1. The van der Waals surface area contributed by atoms with Gasteiger partial charge in [0.25, 0.3) is 0 Å². The van der Waals surface area contributed by atoms with Gasteiger partial charge in [-0.25, -0.2) is 9.37 Å². The first kappa shape index (κ1) is 13.6. The van der Waals surface area contributed by atoms with Gasteiger partial charge < -0.3 is 20.1 Å². The van der Waals surface area contributed by atoms with Gasteiger partial charge in [-0.2, -0.15) is 4.98 Å². The first-order chi connectivity index (χ1) is 10.2. The Morgan fingerprint density at radius 3 is 2.62 bits per heavy atom. The van der Waals surface area contributed by atoms with E-state index in [0.29, 0.717) is 43.6 Å². The molecule has 0 unspecified atom stereocenters. The van der Waals surface area contributed by atoms with E-state index in [1.807, 2.05) is 4.90 Å². The highest BCUT2D eigenvalue weighted by molar-refractivity contribution is 5.55. The van der Waals surface area contributed by atoms with Gasteiger partial charge >= 0.3 is 0 Å². The number of rotatable bonds is 3. The minimum atomic E-state index is -0.315. The van der Waals surface area contributed by atoms with E-state index < -0.39 is 0 Å². The topological polar surface area (TPSA) is 73.5 Å². The molecular formula is C14H15FN4O2. The molecule has 1 aromatic carbocycles. The predicted molar refractivity (Wildman–Crippen MR) is 76.0 cm³/mol. The first-order valence-corrected chi connectivity index (χ1v) is 6.61.